The molecule has 1 heterocycles. The van der Waals surface area contributed by atoms with Gasteiger partial charge in [-0.3, -0.25) is 4.79 Å². The van der Waals surface area contributed by atoms with Crippen LogP contribution < -0.4 is 5.32 Å². The summed E-state index contributed by atoms with van der Waals surface area (Å²) < 4.78 is 18.5. The van der Waals surface area contributed by atoms with Gasteiger partial charge in [0.05, 0.1) is 0 Å². The molecular weight excluding hydrogens is 247 g/mol. The van der Waals surface area contributed by atoms with Gasteiger partial charge in [-0.25, -0.2) is 9.37 Å². The topological polar surface area (TPSA) is 51.2 Å². The van der Waals surface area contributed by atoms with E-state index in [0.717, 1.165) is 6.42 Å². The van der Waals surface area contributed by atoms with Crippen molar-refractivity contribution in [3.05, 3.63) is 41.8 Å². The van der Waals surface area contributed by atoms with E-state index < -0.39 is 5.82 Å². The number of nitrogens with zero attached hydrogens (tertiary/aromatic N) is 1. The van der Waals surface area contributed by atoms with E-state index in [9.17, 15) is 9.18 Å². The lowest BCUT2D eigenvalue weighted by molar-refractivity contribution is 0.0944. The number of hydrogen-bond acceptors (Lipinski definition) is 3. The second-order valence-electron chi connectivity index (χ2n) is 4.11. The van der Waals surface area contributed by atoms with Crippen LogP contribution in [0, 0.1) is 5.82 Å². The fraction of sp³-hybridized carbons (Fsp3) is 0.286. The Labute approximate surface area is 110 Å². The van der Waals surface area contributed by atoms with Crippen LogP contribution in [0.25, 0.3) is 10.9 Å². The minimum atomic E-state index is -0.425. The van der Waals surface area contributed by atoms with E-state index in [0.29, 0.717) is 18.5 Å². The monoisotopic (exact) mass is 262 g/mol. The van der Waals surface area contributed by atoms with Gasteiger partial charge in [0.15, 0.2) is 0 Å². The number of benzene rings is 1. The van der Waals surface area contributed by atoms with E-state index in [1.807, 2.05) is 0 Å². The Balaban J connectivity index is 2.12. The predicted molar refractivity (Wildman–Crippen MR) is 70.5 cm³/mol. The lowest BCUT2D eigenvalue weighted by Gasteiger charge is -2.05. The number of rotatable bonds is 5. The molecule has 2 aromatic rings. The average Bonchev–Trinajstić information content (AvgIpc) is 2.43. The molecule has 0 saturated carbocycles. The second-order valence-corrected chi connectivity index (χ2v) is 4.11. The number of methoxy groups -OCH3 is 1. The first kappa shape index (κ1) is 13.4. The molecule has 0 fully saturated rings. The number of carbonyl (C=O) groups excluding carboxylic acids is 1. The van der Waals surface area contributed by atoms with E-state index in [1.54, 1.807) is 31.4 Å². The summed E-state index contributed by atoms with van der Waals surface area (Å²) in [5, 5.41) is 3.39. The van der Waals surface area contributed by atoms with E-state index >= 15 is 0 Å². The molecule has 1 N–H and O–H groups in total. The zero-order chi connectivity index (χ0) is 13.7. The summed E-state index contributed by atoms with van der Waals surface area (Å²) in [7, 11) is 1.61. The van der Waals surface area contributed by atoms with Crippen LogP contribution in [0.2, 0.25) is 0 Å². The fourth-order valence-electron chi connectivity index (χ4n) is 1.75. The Bertz CT molecular complexity index is 587. The molecule has 2 rings (SSSR count). The summed E-state index contributed by atoms with van der Waals surface area (Å²) >= 11 is 0. The maximum absolute atomic E-state index is 13.6. The number of para-hydroxylation sites is 1. The normalized spacial score (nSPS) is 10.6. The minimum absolute atomic E-state index is 0.215. The van der Waals surface area contributed by atoms with Crippen LogP contribution in [0.15, 0.2) is 30.3 Å². The Morgan fingerprint density at radius 1 is 1.37 bits per heavy atom. The van der Waals surface area contributed by atoms with Crippen molar-refractivity contribution in [1.29, 1.82) is 0 Å². The second kappa shape index (κ2) is 6.24. The number of hydrogen-bond donors (Lipinski definition) is 1. The van der Waals surface area contributed by atoms with Crippen molar-refractivity contribution in [1.82, 2.24) is 10.3 Å². The fourth-order valence-corrected chi connectivity index (χ4v) is 1.75. The minimum Gasteiger partial charge on any atom is -0.385 e. The molecule has 4 nitrogen and oxygen atoms in total. The molecule has 0 aliphatic heterocycles. The van der Waals surface area contributed by atoms with Crippen molar-refractivity contribution in [2.24, 2.45) is 0 Å². The van der Waals surface area contributed by atoms with Crippen LogP contribution in [0.1, 0.15) is 16.9 Å². The summed E-state index contributed by atoms with van der Waals surface area (Å²) in [5.41, 5.74) is 0.432. The molecule has 0 spiro atoms. The van der Waals surface area contributed by atoms with Crippen LogP contribution >= 0.6 is 0 Å². The lowest BCUT2D eigenvalue weighted by atomic mass is 10.2. The summed E-state index contributed by atoms with van der Waals surface area (Å²) in [5.74, 6) is -0.729. The highest BCUT2D eigenvalue weighted by Gasteiger charge is 2.09. The zero-order valence-electron chi connectivity index (χ0n) is 10.6. The van der Waals surface area contributed by atoms with Gasteiger partial charge in [0.25, 0.3) is 5.91 Å². The number of nitrogens with one attached hydrogen (secondary N) is 1. The third-order valence-corrected chi connectivity index (χ3v) is 2.71. The van der Waals surface area contributed by atoms with Crippen molar-refractivity contribution < 1.29 is 13.9 Å². The van der Waals surface area contributed by atoms with Gasteiger partial charge in [-0.1, -0.05) is 18.2 Å². The standard InChI is InChI=1S/C14H15FN2O2/c1-19-9-3-8-16-14(18)12-7-6-10-4-2-5-11(15)13(10)17-12/h2,4-7H,3,8-9H2,1H3,(H,16,18). The molecule has 0 radical (unpaired) electrons. The van der Waals surface area contributed by atoms with Crippen molar-refractivity contribution in [3.8, 4) is 0 Å². The highest BCUT2D eigenvalue weighted by molar-refractivity contribution is 5.94. The molecular formula is C14H15FN2O2. The SMILES string of the molecule is COCCCNC(=O)c1ccc2cccc(F)c2n1. The molecule has 5 heteroatoms. The highest BCUT2D eigenvalue weighted by atomic mass is 19.1. The third-order valence-electron chi connectivity index (χ3n) is 2.71. The summed E-state index contributed by atoms with van der Waals surface area (Å²) in [6.07, 6.45) is 0.726. The largest absolute Gasteiger partial charge is 0.385 e. The molecule has 0 atom stereocenters. The number of halogens is 1. The average molecular weight is 262 g/mol. The summed E-state index contributed by atoms with van der Waals surface area (Å²) in [6.45, 7) is 1.09. The number of pyridine rings is 1. The number of carbonyl (C=O) groups is 1. The van der Waals surface area contributed by atoms with Crippen molar-refractivity contribution >= 4 is 16.8 Å². The smallest absolute Gasteiger partial charge is 0.269 e. The Morgan fingerprint density at radius 2 is 2.21 bits per heavy atom. The van der Waals surface area contributed by atoms with E-state index in [2.05, 4.69) is 10.3 Å². The molecule has 1 aromatic carbocycles. The van der Waals surface area contributed by atoms with Crippen molar-refractivity contribution in [3.63, 3.8) is 0 Å². The van der Waals surface area contributed by atoms with Gasteiger partial charge in [-0.15, -0.1) is 0 Å². The molecule has 100 valence electrons. The molecule has 1 aromatic heterocycles. The Morgan fingerprint density at radius 3 is 3.00 bits per heavy atom. The van der Waals surface area contributed by atoms with Gasteiger partial charge in [-0.05, 0) is 18.6 Å². The third kappa shape index (κ3) is 3.26. The summed E-state index contributed by atoms with van der Waals surface area (Å²) in [6, 6.07) is 7.98. The number of fused-ring (bicyclic) bond motifs is 1. The van der Waals surface area contributed by atoms with Gasteiger partial charge in [0.2, 0.25) is 0 Å². The van der Waals surface area contributed by atoms with E-state index in [1.165, 1.54) is 6.07 Å². The molecule has 0 aliphatic carbocycles. The van der Waals surface area contributed by atoms with Crippen molar-refractivity contribution in [2.45, 2.75) is 6.42 Å². The number of ether oxygens (including phenoxy) is 1. The first-order valence-electron chi connectivity index (χ1n) is 6.05. The van der Waals surface area contributed by atoms with Gasteiger partial charge in [-0.2, -0.15) is 0 Å². The molecule has 1 amide bonds. The van der Waals surface area contributed by atoms with Crippen LogP contribution in [0.3, 0.4) is 0 Å². The van der Waals surface area contributed by atoms with Crippen molar-refractivity contribution in [2.75, 3.05) is 20.3 Å². The number of aromatic nitrogens is 1. The molecule has 19 heavy (non-hydrogen) atoms. The quantitative estimate of drug-likeness (QED) is 0.840. The highest BCUT2D eigenvalue weighted by Crippen LogP contribution is 2.15. The predicted octanol–water partition coefficient (Wildman–Crippen LogP) is 2.14. The zero-order valence-corrected chi connectivity index (χ0v) is 10.6. The van der Waals surface area contributed by atoms with Crippen LogP contribution in [0.5, 0.6) is 0 Å². The summed E-state index contributed by atoms with van der Waals surface area (Å²) in [4.78, 5) is 15.9. The molecule has 0 unspecified atom stereocenters. The van der Waals surface area contributed by atoms with Crippen LogP contribution in [-0.2, 0) is 4.74 Å². The Kier molecular flexibility index (Phi) is 4.41. The maximum atomic E-state index is 13.6. The van der Waals surface area contributed by atoms with Crippen LogP contribution in [0.4, 0.5) is 4.39 Å². The van der Waals surface area contributed by atoms with Gasteiger partial charge in [0.1, 0.15) is 17.0 Å². The Hall–Kier alpha value is -2.01. The van der Waals surface area contributed by atoms with E-state index in [-0.39, 0.29) is 17.1 Å². The molecule has 0 saturated heterocycles. The van der Waals surface area contributed by atoms with Crippen LogP contribution in [-0.4, -0.2) is 31.2 Å². The number of amides is 1. The van der Waals surface area contributed by atoms with Gasteiger partial charge < -0.3 is 10.1 Å². The van der Waals surface area contributed by atoms with Gasteiger partial charge in [0, 0.05) is 25.6 Å². The van der Waals surface area contributed by atoms with Gasteiger partial charge >= 0.3 is 0 Å². The van der Waals surface area contributed by atoms with E-state index in [4.69, 9.17) is 4.74 Å². The molecule has 0 bridgehead atoms. The maximum Gasteiger partial charge on any atom is 0.269 e. The molecule has 0 aliphatic rings. The lowest BCUT2D eigenvalue weighted by Crippen LogP contribution is -2.26. The first-order chi connectivity index (χ1) is 9.22. The first-order valence-corrected chi connectivity index (χ1v) is 6.05.